The van der Waals surface area contributed by atoms with Crippen molar-refractivity contribution in [3.8, 4) is 0 Å². The zero-order valence-electron chi connectivity index (χ0n) is 31.5. The third-order valence-corrected chi connectivity index (χ3v) is 9.08. The van der Waals surface area contributed by atoms with Crippen LogP contribution in [0.15, 0.2) is 48.6 Å². The van der Waals surface area contributed by atoms with Crippen LogP contribution in [-0.2, 0) is 14.2 Å². The predicted octanol–water partition coefficient (Wildman–Crippen LogP) is 12.7. The minimum absolute atomic E-state index is 0.0613. The summed E-state index contributed by atoms with van der Waals surface area (Å²) in [4.78, 5) is 2.49. The molecule has 4 heteroatoms. The number of rotatable bonds is 35. The van der Waals surface area contributed by atoms with E-state index in [4.69, 9.17) is 14.2 Å². The third kappa shape index (κ3) is 33.1. The van der Waals surface area contributed by atoms with Gasteiger partial charge in [-0.25, -0.2) is 0 Å². The number of unbranched alkanes of at least 4 members (excludes halogenated alkanes) is 18. The number of allylic oxidation sites excluding steroid dienone is 8. The number of ether oxygens (including phenoxy) is 3. The Bertz CT molecular complexity index is 675. The molecular formula is C43H79NO3. The van der Waals surface area contributed by atoms with Gasteiger partial charge in [-0.2, -0.15) is 0 Å². The molecule has 0 radical (unpaired) electrons. The van der Waals surface area contributed by atoms with Crippen molar-refractivity contribution >= 4 is 0 Å². The lowest BCUT2D eigenvalue weighted by atomic mass is 10.1. The summed E-state index contributed by atoms with van der Waals surface area (Å²) in [7, 11) is 0. The first-order valence-electron chi connectivity index (χ1n) is 20.5. The molecule has 0 bridgehead atoms. The maximum atomic E-state index is 6.28. The average molecular weight is 658 g/mol. The van der Waals surface area contributed by atoms with Crippen molar-refractivity contribution in [3.63, 3.8) is 0 Å². The lowest BCUT2D eigenvalue weighted by Gasteiger charge is -2.28. The van der Waals surface area contributed by atoms with Crippen LogP contribution in [0.1, 0.15) is 174 Å². The van der Waals surface area contributed by atoms with Crippen LogP contribution in [0.5, 0.6) is 0 Å². The van der Waals surface area contributed by atoms with Crippen molar-refractivity contribution in [2.45, 2.75) is 181 Å². The molecule has 1 aliphatic rings. The van der Waals surface area contributed by atoms with Crippen molar-refractivity contribution in [3.05, 3.63) is 48.6 Å². The highest BCUT2D eigenvalue weighted by Crippen LogP contribution is 2.13. The molecule has 0 aromatic carbocycles. The van der Waals surface area contributed by atoms with Gasteiger partial charge in [-0.3, -0.25) is 4.90 Å². The highest BCUT2D eigenvalue weighted by molar-refractivity contribution is 4.93. The molecule has 1 heterocycles. The number of hydrogen-bond donors (Lipinski definition) is 0. The Morgan fingerprint density at radius 1 is 0.489 bits per heavy atom. The van der Waals surface area contributed by atoms with Gasteiger partial charge < -0.3 is 14.2 Å². The summed E-state index contributed by atoms with van der Waals surface area (Å²) in [5.74, 6) is 0. The van der Waals surface area contributed by atoms with Gasteiger partial charge >= 0.3 is 0 Å². The minimum atomic E-state index is -0.0613. The fourth-order valence-electron chi connectivity index (χ4n) is 5.94. The van der Waals surface area contributed by atoms with E-state index in [1.165, 1.54) is 128 Å². The Balaban J connectivity index is 2.04. The summed E-state index contributed by atoms with van der Waals surface area (Å²) in [5.41, 5.74) is 0. The van der Waals surface area contributed by atoms with E-state index in [-0.39, 0.29) is 6.29 Å². The molecular weight excluding hydrogens is 578 g/mol. The topological polar surface area (TPSA) is 30.9 Å². The molecule has 1 aliphatic heterocycles. The smallest absolute Gasteiger partial charge is 0.158 e. The van der Waals surface area contributed by atoms with Crippen LogP contribution < -0.4 is 0 Å². The number of hydrogen-bond acceptors (Lipinski definition) is 4. The molecule has 0 aromatic heterocycles. The molecule has 0 aromatic rings. The summed E-state index contributed by atoms with van der Waals surface area (Å²) >= 11 is 0. The van der Waals surface area contributed by atoms with Gasteiger partial charge in [0.15, 0.2) is 6.29 Å². The van der Waals surface area contributed by atoms with E-state index in [1.807, 2.05) is 0 Å². The second-order valence-electron chi connectivity index (χ2n) is 13.6. The van der Waals surface area contributed by atoms with Crippen molar-refractivity contribution in [2.24, 2.45) is 0 Å². The highest BCUT2D eigenvalue weighted by Gasteiger charge is 2.15. The fourth-order valence-corrected chi connectivity index (χ4v) is 5.94. The van der Waals surface area contributed by atoms with E-state index in [1.54, 1.807) is 0 Å². The van der Waals surface area contributed by atoms with Gasteiger partial charge in [-0.15, -0.1) is 0 Å². The van der Waals surface area contributed by atoms with Crippen LogP contribution in [0.3, 0.4) is 0 Å². The van der Waals surface area contributed by atoms with E-state index < -0.39 is 0 Å². The van der Waals surface area contributed by atoms with Gasteiger partial charge in [0.25, 0.3) is 0 Å². The van der Waals surface area contributed by atoms with Gasteiger partial charge in [0, 0.05) is 39.3 Å². The molecule has 47 heavy (non-hydrogen) atoms. The van der Waals surface area contributed by atoms with Crippen LogP contribution in [0.4, 0.5) is 0 Å². The Hall–Kier alpha value is -1.20. The van der Waals surface area contributed by atoms with Crippen molar-refractivity contribution < 1.29 is 14.2 Å². The molecule has 1 fully saturated rings. The van der Waals surface area contributed by atoms with Gasteiger partial charge in [0.1, 0.15) is 0 Å². The maximum Gasteiger partial charge on any atom is 0.158 e. The van der Waals surface area contributed by atoms with Gasteiger partial charge in [-0.05, 0) is 77.0 Å². The normalized spacial score (nSPS) is 14.8. The molecule has 1 saturated heterocycles. The molecule has 0 spiro atoms. The van der Waals surface area contributed by atoms with Gasteiger partial charge in [0.2, 0.25) is 0 Å². The van der Waals surface area contributed by atoms with Crippen molar-refractivity contribution in [1.29, 1.82) is 0 Å². The molecule has 0 aliphatic carbocycles. The van der Waals surface area contributed by atoms with E-state index in [2.05, 4.69) is 67.4 Å². The van der Waals surface area contributed by atoms with Crippen LogP contribution in [0.25, 0.3) is 0 Å². The minimum Gasteiger partial charge on any atom is -0.379 e. The lowest BCUT2D eigenvalue weighted by Crippen LogP contribution is -2.38. The fraction of sp³-hybridized carbons (Fsp3) is 0.814. The zero-order chi connectivity index (χ0) is 33.6. The molecule has 4 nitrogen and oxygen atoms in total. The summed E-state index contributed by atoms with van der Waals surface area (Å²) in [5, 5.41) is 0. The second kappa shape index (κ2) is 37.6. The Kier molecular flexibility index (Phi) is 35.1. The molecule has 0 atom stereocenters. The van der Waals surface area contributed by atoms with E-state index in [9.17, 15) is 0 Å². The largest absolute Gasteiger partial charge is 0.379 e. The standard InChI is InChI=1S/C43H79NO3/c1-3-5-7-9-11-13-15-17-19-21-23-25-27-29-31-33-39-46-43(35-36-44-37-41-45-42-38-44)47-40-34-32-30-28-26-24-22-20-18-16-14-12-10-8-6-4-2/h11-14,17-20,43H,3-10,15-16,21-42H2,1-2H3/b13-11-,14-12-,19-17-,20-18-. The molecule has 274 valence electrons. The van der Waals surface area contributed by atoms with Crippen LogP contribution in [0, 0.1) is 0 Å². The van der Waals surface area contributed by atoms with Crippen LogP contribution in [0.2, 0.25) is 0 Å². The number of nitrogens with zero attached hydrogens (tertiary/aromatic N) is 1. The lowest BCUT2D eigenvalue weighted by molar-refractivity contribution is -0.150. The van der Waals surface area contributed by atoms with E-state index >= 15 is 0 Å². The SMILES string of the molecule is CCCCC/C=C\C/C=C\CCCCCCCCOC(CCN1CCOCC1)OCCCCCCCC/C=C\C/C=C\CCCCC. The van der Waals surface area contributed by atoms with Crippen molar-refractivity contribution in [1.82, 2.24) is 4.90 Å². The van der Waals surface area contributed by atoms with E-state index in [0.29, 0.717) is 0 Å². The Labute approximate surface area is 293 Å². The van der Waals surface area contributed by atoms with Crippen LogP contribution in [-0.4, -0.2) is 57.3 Å². The predicted molar refractivity (Wildman–Crippen MR) is 206 cm³/mol. The zero-order valence-corrected chi connectivity index (χ0v) is 31.5. The average Bonchev–Trinajstić information content (AvgIpc) is 3.10. The third-order valence-electron chi connectivity index (χ3n) is 9.08. The first-order valence-corrected chi connectivity index (χ1v) is 20.5. The first kappa shape index (κ1) is 43.8. The molecule has 0 N–H and O–H groups in total. The Morgan fingerprint density at radius 2 is 0.872 bits per heavy atom. The molecule has 0 unspecified atom stereocenters. The number of morpholine rings is 1. The summed E-state index contributed by atoms with van der Waals surface area (Å²) in [6.45, 7) is 11.0. The first-order chi connectivity index (χ1) is 23.4. The second-order valence-corrected chi connectivity index (χ2v) is 13.6. The Morgan fingerprint density at radius 3 is 1.30 bits per heavy atom. The summed E-state index contributed by atoms with van der Waals surface area (Å²) < 4.78 is 18.1. The van der Waals surface area contributed by atoms with E-state index in [0.717, 1.165) is 78.2 Å². The van der Waals surface area contributed by atoms with Gasteiger partial charge in [0.05, 0.1) is 13.2 Å². The monoisotopic (exact) mass is 658 g/mol. The van der Waals surface area contributed by atoms with Gasteiger partial charge in [-0.1, -0.05) is 140 Å². The quantitative estimate of drug-likeness (QED) is 0.0385. The molecule has 0 amide bonds. The van der Waals surface area contributed by atoms with Crippen molar-refractivity contribution in [2.75, 3.05) is 46.1 Å². The highest BCUT2D eigenvalue weighted by atomic mass is 16.7. The summed E-state index contributed by atoms with van der Waals surface area (Å²) in [6, 6.07) is 0. The molecule has 0 saturated carbocycles. The maximum absolute atomic E-state index is 6.28. The summed E-state index contributed by atoms with van der Waals surface area (Å²) in [6.07, 6.45) is 50.3. The van der Waals surface area contributed by atoms with Crippen LogP contribution >= 0.6 is 0 Å². The molecule has 1 rings (SSSR count).